The molecule has 0 radical (unpaired) electrons. The van der Waals surface area contributed by atoms with Crippen LogP contribution in [-0.2, 0) is 0 Å². The van der Waals surface area contributed by atoms with Gasteiger partial charge < -0.3 is 4.42 Å². The van der Waals surface area contributed by atoms with Gasteiger partial charge in [0.05, 0.1) is 6.26 Å². The average Bonchev–Trinajstić information content (AvgIpc) is 3.71. The molecule has 0 N–H and O–H groups in total. The molecule has 0 fully saturated rings. The van der Waals surface area contributed by atoms with Crippen LogP contribution in [0.5, 0.6) is 0 Å². The van der Waals surface area contributed by atoms with E-state index in [2.05, 4.69) is 60.7 Å². The van der Waals surface area contributed by atoms with Crippen LogP contribution in [0.2, 0.25) is 0 Å². The summed E-state index contributed by atoms with van der Waals surface area (Å²) in [6, 6.07) is 55.5. The van der Waals surface area contributed by atoms with Gasteiger partial charge in [0.25, 0.3) is 0 Å². The summed E-state index contributed by atoms with van der Waals surface area (Å²) in [7, 11) is 0. The SMILES string of the molecule is c1ccc(C2=NC(c3ccccc3)=IC(c3cc(-c4nc(-c5ccccc5)nc(-c5ccccc5)n4)cc(-c4cccc5occc45)c3)=N2)cc1. The number of amidine groups is 1. The number of aromatic nitrogens is 3. The molecule has 0 saturated carbocycles. The molecule has 2 aromatic heterocycles. The van der Waals surface area contributed by atoms with E-state index < -0.39 is 20.7 Å². The van der Waals surface area contributed by atoms with Gasteiger partial charge in [0, 0.05) is 38.8 Å². The number of aliphatic imine (C=N–C) groups is 2. The molecule has 0 unspecified atom stereocenters. The van der Waals surface area contributed by atoms with Crippen LogP contribution in [0.25, 0.3) is 56.3 Å². The summed E-state index contributed by atoms with van der Waals surface area (Å²) in [5, 5.41) is 1.04. The van der Waals surface area contributed by atoms with Crippen LogP contribution >= 0.6 is 20.7 Å². The van der Waals surface area contributed by atoms with Gasteiger partial charge in [-0.25, -0.2) is 24.9 Å². The lowest BCUT2D eigenvalue weighted by Crippen LogP contribution is -2.11. The number of benzene rings is 6. The molecular formula is C44H28IN5O. The molecule has 0 bridgehead atoms. The summed E-state index contributed by atoms with van der Waals surface area (Å²) in [5.41, 5.74) is 8.73. The highest BCUT2D eigenvalue weighted by Gasteiger charge is 2.20. The molecule has 0 aliphatic carbocycles. The topological polar surface area (TPSA) is 76.5 Å². The quantitative estimate of drug-likeness (QED) is 0.151. The van der Waals surface area contributed by atoms with E-state index in [1.54, 1.807) is 6.26 Å². The second-order valence-electron chi connectivity index (χ2n) is 11.9. The first-order valence-electron chi connectivity index (χ1n) is 16.5. The number of furan rings is 1. The van der Waals surface area contributed by atoms with Gasteiger partial charge in [-0.15, -0.1) is 0 Å². The van der Waals surface area contributed by atoms with Crippen molar-refractivity contribution >= 4 is 44.9 Å². The van der Waals surface area contributed by atoms with Crippen molar-refractivity contribution in [1.29, 1.82) is 0 Å². The Bertz CT molecular complexity index is 2520. The van der Waals surface area contributed by atoms with Gasteiger partial charge in [-0.1, -0.05) is 133 Å². The highest BCUT2D eigenvalue weighted by molar-refractivity contribution is 14.2. The Morgan fingerprint density at radius 2 is 0.941 bits per heavy atom. The maximum Gasteiger partial charge on any atom is 0.164 e. The predicted octanol–water partition coefficient (Wildman–Crippen LogP) is 10.6. The maximum absolute atomic E-state index is 5.83. The van der Waals surface area contributed by atoms with Gasteiger partial charge in [0.1, 0.15) is 12.9 Å². The fourth-order valence-corrected chi connectivity index (χ4v) is 8.56. The highest BCUT2D eigenvalue weighted by Crippen LogP contribution is 2.36. The van der Waals surface area contributed by atoms with Gasteiger partial charge in [-0.3, -0.25) is 0 Å². The largest absolute Gasteiger partial charge is 0.464 e. The van der Waals surface area contributed by atoms with Crippen LogP contribution in [-0.4, -0.2) is 28.1 Å². The standard InChI is InChI=1S/C44H28IN5O/c1-5-14-29(15-6-1)39-45-40(47-41(46-39)30-16-7-2-8-17-30)34-26-33(36-22-13-23-38-37(36)24-25-51-38)27-35(28-34)44-49-42(31-18-9-3-10-19-31)48-43(50-44)32-20-11-4-12-21-32/h1-28H. The van der Waals surface area contributed by atoms with Crippen molar-refractivity contribution in [2.24, 2.45) is 9.98 Å². The molecular weight excluding hydrogens is 741 g/mol. The fraction of sp³-hybridized carbons (Fsp3) is 0. The number of nitrogens with zero attached hydrogens (tertiary/aromatic N) is 5. The zero-order valence-corrected chi connectivity index (χ0v) is 29.3. The molecule has 7 heteroatoms. The van der Waals surface area contributed by atoms with E-state index >= 15 is 0 Å². The molecule has 242 valence electrons. The molecule has 8 aromatic rings. The molecule has 6 nitrogen and oxygen atoms in total. The van der Waals surface area contributed by atoms with Gasteiger partial charge in [-0.05, 0) is 62.2 Å². The summed E-state index contributed by atoms with van der Waals surface area (Å²) in [5.74, 6) is 2.52. The molecule has 0 atom stereocenters. The lowest BCUT2D eigenvalue weighted by molar-refractivity contribution is 0.616. The van der Waals surface area contributed by atoms with E-state index in [1.165, 1.54) is 0 Å². The third-order valence-corrected chi connectivity index (χ3v) is 11.3. The Kier molecular flexibility index (Phi) is 8.23. The molecule has 6 aromatic carbocycles. The molecule has 1 aliphatic rings. The number of fused-ring (bicyclic) bond motifs is 1. The Labute approximate surface area is 304 Å². The van der Waals surface area contributed by atoms with Crippen LogP contribution in [0.3, 0.4) is 0 Å². The lowest BCUT2D eigenvalue weighted by Gasteiger charge is -2.16. The van der Waals surface area contributed by atoms with Crippen LogP contribution in [0.15, 0.2) is 184 Å². The zero-order valence-electron chi connectivity index (χ0n) is 27.2. The minimum absolute atomic E-state index is 0.587. The van der Waals surface area contributed by atoms with E-state index in [1.807, 2.05) is 103 Å². The van der Waals surface area contributed by atoms with Crippen molar-refractivity contribution in [2.75, 3.05) is 0 Å². The Morgan fingerprint density at radius 3 is 1.57 bits per heavy atom. The first kappa shape index (κ1) is 30.8. The van der Waals surface area contributed by atoms with Crippen LogP contribution < -0.4 is 0 Å². The molecule has 51 heavy (non-hydrogen) atoms. The van der Waals surface area contributed by atoms with Crippen molar-refractivity contribution in [3.8, 4) is 45.3 Å². The smallest absolute Gasteiger partial charge is 0.164 e. The van der Waals surface area contributed by atoms with E-state index in [-0.39, 0.29) is 0 Å². The van der Waals surface area contributed by atoms with E-state index in [9.17, 15) is 0 Å². The molecule has 0 spiro atoms. The van der Waals surface area contributed by atoms with Crippen molar-refractivity contribution in [2.45, 2.75) is 0 Å². The molecule has 3 heterocycles. The summed E-state index contributed by atoms with van der Waals surface area (Å²) < 4.78 is 7.91. The monoisotopic (exact) mass is 769 g/mol. The second kappa shape index (κ2) is 13.6. The Morgan fingerprint density at radius 1 is 0.412 bits per heavy atom. The van der Waals surface area contributed by atoms with E-state index in [0.29, 0.717) is 23.3 Å². The average molecular weight is 770 g/mol. The van der Waals surface area contributed by atoms with Crippen LogP contribution in [0, 0.1) is 0 Å². The van der Waals surface area contributed by atoms with Gasteiger partial charge in [-0.2, -0.15) is 0 Å². The predicted molar refractivity (Wildman–Crippen MR) is 215 cm³/mol. The normalized spacial score (nSPS) is 12.8. The van der Waals surface area contributed by atoms with Crippen molar-refractivity contribution in [1.82, 2.24) is 15.0 Å². The summed E-state index contributed by atoms with van der Waals surface area (Å²) in [6.07, 6.45) is 1.74. The molecule has 1 aliphatic heterocycles. The Hall–Kier alpha value is -6.19. The fourth-order valence-electron chi connectivity index (χ4n) is 6.08. The van der Waals surface area contributed by atoms with E-state index in [4.69, 9.17) is 29.4 Å². The highest BCUT2D eigenvalue weighted by atomic mass is 127. The van der Waals surface area contributed by atoms with Crippen LogP contribution in [0.4, 0.5) is 0 Å². The molecule has 0 saturated heterocycles. The number of rotatable bonds is 7. The minimum Gasteiger partial charge on any atom is -0.464 e. The number of hydrogen-bond donors (Lipinski definition) is 0. The summed E-state index contributed by atoms with van der Waals surface area (Å²) in [6.45, 7) is 0. The maximum atomic E-state index is 5.83. The minimum atomic E-state index is -0.764. The lowest BCUT2D eigenvalue weighted by atomic mass is 9.97. The number of halogens is 1. The van der Waals surface area contributed by atoms with Crippen molar-refractivity contribution < 1.29 is 4.42 Å². The van der Waals surface area contributed by atoms with E-state index in [0.717, 1.165) is 62.8 Å². The Balaban J connectivity index is 1.29. The third-order valence-electron chi connectivity index (χ3n) is 8.57. The zero-order chi connectivity index (χ0) is 34.0. The van der Waals surface area contributed by atoms with Gasteiger partial charge in [0.15, 0.2) is 23.3 Å². The summed E-state index contributed by atoms with van der Waals surface area (Å²) >= 11 is -0.764. The van der Waals surface area contributed by atoms with Crippen molar-refractivity contribution in [3.05, 3.63) is 187 Å². The third kappa shape index (κ3) is 6.35. The van der Waals surface area contributed by atoms with Crippen molar-refractivity contribution in [3.63, 3.8) is 0 Å². The molecule has 9 rings (SSSR count). The second-order valence-corrected chi connectivity index (χ2v) is 14.5. The van der Waals surface area contributed by atoms with Gasteiger partial charge >= 0.3 is 0 Å². The van der Waals surface area contributed by atoms with Crippen LogP contribution in [0.1, 0.15) is 16.7 Å². The van der Waals surface area contributed by atoms with Gasteiger partial charge in [0.2, 0.25) is 0 Å². The molecule has 0 amide bonds. The summed E-state index contributed by atoms with van der Waals surface area (Å²) in [4.78, 5) is 25.5. The first-order chi connectivity index (χ1) is 25.2. The number of hydrogen-bond acceptors (Lipinski definition) is 6. The first-order valence-corrected chi connectivity index (χ1v) is 18.7.